The van der Waals surface area contributed by atoms with Crippen LogP contribution in [0.1, 0.15) is 37.4 Å². The molecule has 0 aliphatic heterocycles. The van der Waals surface area contributed by atoms with Crippen molar-refractivity contribution in [3.05, 3.63) is 83.4 Å². The first-order chi connectivity index (χ1) is 22.8. The highest BCUT2D eigenvalue weighted by molar-refractivity contribution is 6.30. The van der Waals surface area contributed by atoms with Gasteiger partial charge in [-0.15, -0.1) is 5.10 Å². The number of unbranched alkanes of at least 4 members (excludes halogenated alkanes) is 1. The maximum atomic E-state index is 12.7. The summed E-state index contributed by atoms with van der Waals surface area (Å²) in [5.74, 6) is -1.36. The Morgan fingerprint density at radius 1 is 1.11 bits per heavy atom. The number of amides is 2. The molecular formula is C32H35ClN8O6. The number of carboxylic acids is 1. The van der Waals surface area contributed by atoms with Crippen molar-refractivity contribution in [2.45, 2.75) is 38.8 Å². The van der Waals surface area contributed by atoms with E-state index < -0.39 is 18.1 Å². The van der Waals surface area contributed by atoms with Crippen molar-refractivity contribution in [3.63, 3.8) is 0 Å². The summed E-state index contributed by atoms with van der Waals surface area (Å²) >= 11 is 6.17. The van der Waals surface area contributed by atoms with Crippen molar-refractivity contribution in [3.8, 4) is 16.8 Å². The van der Waals surface area contributed by atoms with Gasteiger partial charge in [-0.3, -0.25) is 15.1 Å². The van der Waals surface area contributed by atoms with Crippen LogP contribution in [0.4, 0.5) is 16.2 Å². The molecule has 4 rings (SSSR count). The number of aliphatic carboxylic acids is 1. The SMILES string of the molecule is CCCCC(Nc1cc(NC(=O)OCCOC)ccc1-c1ccnc(CNC(=O)/C=C/c2cc(Cl)ccc2-n2cnnn2)c1)C(=O)O. The van der Waals surface area contributed by atoms with Gasteiger partial charge in [0.15, 0.2) is 0 Å². The normalized spacial score (nSPS) is 11.6. The highest BCUT2D eigenvalue weighted by atomic mass is 35.5. The molecule has 14 nitrogen and oxygen atoms in total. The molecule has 4 aromatic rings. The third kappa shape index (κ3) is 10.3. The Morgan fingerprint density at radius 3 is 2.70 bits per heavy atom. The minimum atomic E-state index is -0.990. The monoisotopic (exact) mass is 662 g/mol. The van der Waals surface area contributed by atoms with Gasteiger partial charge in [0.2, 0.25) is 5.91 Å². The molecule has 0 saturated carbocycles. The molecule has 246 valence electrons. The summed E-state index contributed by atoms with van der Waals surface area (Å²) in [7, 11) is 1.50. The fourth-order valence-corrected chi connectivity index (χ4v) is 4.68. The summed E-state index contributed by atoms with van der Waals surface area (Å²) in [5.41, 5.74) is 4.16. The Bertz CT molecular complexity index is 1700. The molecule has 2 aromatic heterocycles. The Morgan fingerprint density at radius 2 is 1.96 bits per heavy atom. The number of nitrogens with zero attached hydrogens (tertiary/aromatic N) is 5. The molecule has 4 N–H and O–H groups in total. The van der Waals surface area contributed by atoms with Crippen molar-refractivity contribution in [1.29, 1.82) is 0 Å². The molecule has 0 aliphatic carbocycles. The molecule has 0 spiro atoms. The van der Waals surface area contributed by atoms with Gasteiger partial charge in [0, 0.05) is 46.9 Å². The summed E-state index contributed by atoms with van der Waals surface area (Å²) < 4.78 is 11.5. The van der Waals surface area contributed by atoms with Crippen LogP contribution in [-0.4, -0.2) is 74.6 Å². The van der Waals surface area contributed by atoms with E-state index in [9.17, 15) is 19.5 Å². The van der Waals surface area contributed by atoms with Crippen LogP contribution in [0.2, 0.25) is 5.02 Å². The number of methoxy groups -OCH3 is 1. The fourth-order valence-electron chi connectivity index (χ4n) is 4.50. The maximum absolute atomic E-state index is 12.7. The van der Waals surface area contributed by atoms with Crippen LogP contribution in [0.25, 0.3) is 22.9 Å². The molecule has 0 aliphatic rings. The molecular weight excluding hydrogens is 628 g/mol. The minimum absolute atomic E-state index is 0.0815. The third-order valence-corrected chi connectivity index (χ3v) is 7.07. The van der Waals surface area contributed by atoms with Crippen molar-refractivity contribution in [1.82, 2.24) is 30.5 Å². The molecule has 0 bridgehead atoms. The number of halogens is 1. The van der Waals surface area contributed by atoms with Crippen LogP contribution in [0.15, 0.2) is 67.1 Å². The van der Waals surface area contributed by atoms with Crippen LogP contribution in [0, 0.1) is 0 Å². The van der Waals surface area contributed by atoms with Gasteiger partial charge in [0.1, 0.15) is 19.0 Å². The molecule has 2 heterocycles. The van der Waals surface area contributed by atoms with E-state index in [1.165, 1.54) is 24.2 Å². The van der Waals surface area contributed by atoms with Gasteiger partial charge in [-0.2, -0.15) is 4.68 Å². The lowest BCUT2D eigenvalue weighted by Gasteiger charge is -2.20. The number of pyridine rings is 1. The average Bonchev–Trinajstić information content (AvgIpc) is 3.60. The Hall–Kier alpha value is -5.34. The fraction of sp³-hybridized carbons (Fsp3) is 0.281. The zero-order chi connectivity index (χ0) is 33.6. The van der Waals surface area contributed by atoms with Crippen LogP contribution < -0.4 is 16.0 Å². The number of hydrogen-bond acceptors (Lipinski definition) is 10. The van der Waals surface area contributed by atoms with Crippen LogP contribution in [0.3, 0.4) is 0 Å². The average molecular weight is 663 g/mol. The third-order valence-electron chi connectivity index (χ3n) is 6.83. The van der Waals surface area contributed by atoms with Gasteiger partial charge in [-0.05, 0) is 71.0 Å². The summed E-state index contributed by atoms with van der Waals surface area (Å²) in [4.78, 5) is 41.4. The molecule has 1 unspecified atom stereocenters. The second-order valence-corrected chi connectivity index (χ2v) is 10.7. The second-order valence-electron chi connectivity index (χ2n) is 10.2. The largest absolute Gasteiger partial charge is 0.480 e. The topological polar surface area (TPSA) is 182 Å². The zero-order valence-electron chi connectivity index (χ0n) is 25.9. The van der Waals surface area contributed by atoms with E-state index in [1.54, 1.807) is 60.8 Å². The lowest BCUT2D eigenvalue weighted by molar-refractivity contribution is -0.138. The van der Waals surface area contributed by atoms with Gasteiger partial charge in [-0.1, -0.05) is 37.4 Å². The number of ether oxygens (including phenoxy) is 2. The highest BCUT2D eigenvalue weighted by Crippen LogP contribution is 2.32. The predicted octanol–water partition coefficient (Wildman–Crippen LogP) is 4.96. The summed E-state index contributed by atoms with van der Waals surface area (Å²) in [6.45, 7) is 2.44. The molecule has 2 aromatic carbocycles. The van der Waals surface area contributed by atoms with Crippen LogP contribution >= 0.6 is 11.6 Å². The summed E-state index contributed by atoms with van der Waals surface area (Å²) in [5, 5.41) is 30.2. The molecule has 0 saturated heterocycles. The highest BCUT2D eigenvalue weighted by Gasteiger charge is 2.19. The molecule has 0 fully saturated rings. The van der Waals surface area contributed by atoms with Gasteiger partial charge in [-0.25, -0.2) is 9.59 Å². The van der Waals surface area contributed by atoms with Gasteiger partial charge in [0.25, 0.3) is 0 Å². The maximum Gasteiger partial charge on any atom is 0.411 e. The van der Waals surface area contributed by atoms with E-state index >= 15 is 0 Å². The Kier molecular flexibility index (Phi) is 12.8. The number of tetrazole rings is 1. The molecule has 2 amide bonds. The lowest BCUT2D eigenvalue weighted by atomic mass is 10.0. The number of anilines is 2. The number of nitrogens with one attached hydrogen (secondary N) is 3. The summed E-state index contributed by atoms with van der Waals surface area (Å²) in [6, 6.07) is 13.0. The second kappa shape index (κ2) is 17.4. The molecule has 1 atom stereocenters. The quantitative estimate of drug-likeness (QED) is 0.0940. The van der Waals surface area contributed by atoms with E-state index in [0.29, 0.717) is 51.7 Å². The number of aromatic nitrogens is 5. The molecule has 47 heavy (non-hydrogen) atoms. The first kappa shape index (κ1) is 34.5. The van der Waals surface area contributed by atoms with Crippen LogP contribution in [-0.2, 0) is 25.6 Å². The lowest BCUT2D eigenvalue weighted by Crippen LogP contribution is -2.29. The smallest absolute Gasteiger partial charge is 0.411 e. The van der Waals surface area contributed by atoms with Gasteiger partial charge >= 0.3 is 12.1 Å². The van der Waals surface area contributed by atoms with E-state index in [1.807, 2.05) is 6.92 Å². The zero-order valence-corrected chi connectivity index (χ0v) is 26.6. The summed E-state index contributed by atoms with van der Waals surface area (Å²) in [6.07, 6.45) is 7.32. The van der Waals surface area contributed by atoms with E-state index in [-0.39, 0.29) is 25.7 Å². The number of carboxylic acid groups (broad SMARTS) is 1. The molecule has 0 radical (unpaired) electrons. The number of carbonyl (C=O) groups excluding carboxylic acids is 2. The minimum Gasteiger partial charge on any atom is -0.480 e. The van der Waals surface area contributed by atoms with Gasteiger partial charge in [0.05, 0.1) is 24.5 Å². The van der Waals surface area contributed by atoms with Crippen molar-refractivity contribution in [2.24, 2.45) is 0 Å². The van der Waals surface area contributed by atoms with E-state index in [4.69, 9.17) is 21.1 Å². The Labute approximate surface area is 276 Å². The van der Waals surface area contributed by atoms with Gasteiger partial charge < -0.3 is 25.2 Å². The first-order valence-electron chi connectivity index (χ1n) is 14.8. The van der Waals surface area contributed by atoms with Crippen molar-refractivity contribution in [2.75, 3.05) is 31.0 Å². The molecule has 15 heteroatoms. The Balaban J connectivity index is 1.51. The van der Waals surface area contributed by atoms with E-state index in [0.717, 1.165) is 12.0 Å². The van der Waals surface area contributed by atoms with Crippen LogP contribution in [0.5, 0.6) is 0 Å². The standard InChI is InChI=1S/C32H35ClN8O6/c1-3-4-5-27(31(43)44)38-28-18-24(37-32(45)47-15-14-46-2)8-9-26(28)21-12-13-34-25(17-21)19-35-30(42)11-6-22-16-23(33)7-10-29(22)41-20-36-39-40-41/h6-13,16-18,20,27,38H,3-5,14-15,19H2,1-2H3,(H,35,42)(H,37,45)(H,43,44)/b11-6+. The van der Waals surface area contributed by atoms with E-state index in [2.05, 4.69) is 36.5 Å². The van der Waals surface area contributed by atoms with Crippen molar-refractivity contribution >= 4 is 47.0 Å². The number of hydrogen-bond donors (Lipinski definition) is 4. The predicted molar refractivity (Wildman–Crippen MR) is 176 cm³/mol. The number of carbonyl (C=O) groups is 3. The number of rotatable bonds is 16. The van der Waals surface area contributed by atoms with Crippen molar-refractivity contribution < 1.29 is 29.0 Å². The number of benzene rings is 2. The first-order valence-corrected chi connectivity index (χ1v) is 15.2.